The molecule has 1 aliphatic heterocycles. The summed E-state index contributed by atoms with van der Waals surface area (Å²) in [7, 11) is 0. The number of hydrogen-bond donors (Lipinski definition) is 1. The second kappa shape index (κ2) is 8.43. The van der Waals surface area contributed by atoms with Crippen molar-refractivity contribution in [1.82, 2.24) is 4.57 Å². The number of aromatic nitrogens is 1. The summed E-state index contributed by atoms with van der Waals surface area (Å²) in [6.07, 6.45) is 6.85. The number of carboxylic acids is 1. The Balaban J connectivity index is 1.44. The van der Waals surface area contributed by atoms with Crippen LogP contribution in [0.15, 0.2) is 35.3 Å². The van der Waals surface area contributed by atoms with Crippen molar-refractivity contribution in [3.63, 3.8) is 0 Å². The molecule has 1 aromatic rings. The molecule has 4 rings (SSSR count). The van der Waals surface area contributed by atoms with Gasteiger partial charge in [-0.2, -0.15) is 0 Å². The third kappa shape index (κ3) is 4.05. The molecule has 7 nitrogen and oxygen atoms in total. The van der Waals surface area contributed by atoms with Crippen LogP contribution in [0.3, 0.4) is 0 Å². The lowest BCUT2D eigenvalue weighted by molar-refractivity contribution is -0.260. The molecular weight excluding hydrogens is 398 g/mol. The molecule has 1 N–H and O–H groups in total. The molecule has 2 saturated carbocycles. The topological polar surface area (TPSA) is 87.0 Å². The minimum absolute atomic E-state index is 0.0275. The molecule has 0 amide bonds. The molecular formula is C24H33NO6. The van der Waals surface area contributed by atoms with Crippen molar-refractivity contribution < 1.29 is 24.1 Å². The molecule has 2 heterocycles. The maximum atomic E-state index is 12.1. The Morgan fingerprint density at radius 3 is 2.90 bits per heavy atom. The van der Waals surface area contributed by atoms with Crippen LogP contribution >= 0.6 is 0 Å². The van der Waals surface area contributed by atoms with Crippen LogP contribution in [-0.2, 0) is 20.8 Å². The normalized spacial score (nSPS) is 35.2. The number of rotatable bonds is 6. The fourth-order valence-electron chi connectivity index (χ4n) is 6.51. The Hall–Kier alpha value is -2.12. The first-order valence-electron chi connectivity index (χ1n) is 11.2. The van der Waals surface area contributed by atoms with Gasteiger partial charge in [0.05, 0.1) is 19.3 Å². The first-order chi connectivity index (χ1) is 14.7. The molecule has 1 aromatic heterocycles. The quantitative estimate of drug-likeness (QED) is 0.694. The Bertz CT molecular complexity index is 910. The summed E-state index contributed by atoms with van der Waals surface area (Å²) in [5.74, 6) is 0.277. The average molecular weight is 432 g/mol. The maximum absolute atomic E-state index is 12.1. The number of ether oxygens (including phenoxy) is 3. The lowest BCUT2D eigenvalue weighted by Crippen LogP contribution is -2.60. The standard InChI is InChI=1S/C24H33NO6/c1-16-4-5-19-23(2,9-6-20-24(19,3)14-29-15-31-20)18(16)8-11-30-17-7-10-25(13-22(27)28)21(26)12-17/h7,10,12,18-20H,1,4-6,8-9,11,13-15H2,2-3H3,(H,27,28)/t18-,19?,20-,23+,24+/m1/s1. The smallest absolute Gasteiger partial charge is 0.323 e. The highest BCUT2D eigenvalue weighted by atomic mass is 16.7. The molecule has 1 unspecified atom stereocenters. The van der Waals surface area contributed by atoms with Gasteiger partial charge in [-0.3, -0.25) is 9.59 Å². The molecule has 0 radical (unpaired) electrons. The van der Waals surface area contributed by atoms with Crippen molar-refractivity contribution in [2.45, 2.75) is 58.6 Å². The number of hydrogen-bond acceptors (Lipinski definition) is 5. The Morgan fingerprint density at radius 1 is 1.35 bits per heavy atom. The van der Waals surface area contributed by atoms with E-state index in [4.69, 9.17) is 19.3 Å². The van der Waals surface area contributed by atoms with Gasteiger partial charge in [-0.05, 0) is 55.4 Å². The molecule has 31 heavy (non-hydrogen) atoms. The van der Waals surface area contributed by atoms with Crippen LogP contribution in [0.25, 0.3) is 0 Å². The van der Waals surface area contributed by atoms with Gasteiger partial charge >= 0.3 is 5.97 Å². The summed E-state index contributed by atoms with van der Waals surface area (Å²) in [6, 6.07) is 3.00. The van der Waals surface area contributed by atoms with Crippen LogP contribution in [0.2, 0.25) is 0 Å². The van der Waals surface area contributed by atoms with E-state index in [-0.39, 0.29) is 29.0 Å². The highest BCUT2D eigenvalue weighted by molar-refractivity contribution is 5.66. The number of fused-ring (bicyclic) bond motifs is 3. The SMILES string of the molecule is C=C1CCC2[C@]3(C)COCO[C@@H]3CC[C@@]2(C)[C@@H]1CCOc1ccn(CC(=O)O)c(=O)c1. The zero-order valence-corrected chi connectivity index (χ0v) is 18.5. The predicted octanol–water partition coefficient (Wildman–Crippen LogP) is 3.46. The van der Waals surface area contributed by atoms with E-state index in [9.17, 15) is 9.59 Å². The van der Waals surface area contributed by atoms with Crippen molar-refractivity contribution in [3.8, 4) is 5.75 Å². The number of carbonyl (C=O) groups is 1. The summed E-state index contributed by atoms with van der Waals surface area (Å²) in [6.45, 7) is 10.4. The molecule has 3 fully saturated rings. The van der Waals surface area contributed by atoms with Gasteiger partial charge in [0.2, 0.25) is 0 Å². The van der Waals surface area contributed by atoms with Gasteiger partial charge in [0.25, 0.3) is 5.56 Å². The number of aliphatic carboxylic acids is 1. The lowest BCUT2D eigenvalue weighted by atomic mass is 9.46. The molecule has 0 spiro atoms. The Morgan fingerprint density at radius 2 is 2.16 bits per heavy atom. The molecule has 5 atom stereocenters. The zero-order chi connectivity index (χ0) is 22.2. The van der Waals surface area contributed by atoms with E-state index in [2.05, 4.69) is 20.4 Å². The predicted molar refractivity (Wildman–Crippen MR) is 115 cm³/mol. The third-order valence-electron chi connectivity index (χ3n) is 8.03. The summed E-state index contributed by atoms with van der Waals surface area (Å²) in [5, 5.41) is 8.87. The zero-order valence-electron chi connectivity index (χ0n) is 18.5. The van der Waals surface area contributed by atoms with Crippen LogP contribution in [-0.4, -0.2) is 41.8 Å². The van der Waals surface area contributed by atoms with Crippen molar-refractivity contribution in [2.24, 2.45) is 22.7 Å². The number of nitrogens with zero attached hydrogens (tertiary/aromatic N) is 1. The van der Waals surface area contributed by atoms with E-state index in [1.165, 1.54) is 17.8 Å². The summed E-state index contributed by atoms with van der Waals surface area (Å²) < 4.78 is 18.8. The highest BCUT2D eigenvalue weighted by Crippen LogP contribution is 2.62. The Labute approximate surface area is 183 Å². The monoisotopic (exact) mass is 431 g/mol. The van der Waals surface area contributed by atoms with Crippen LogP contribution in [0, 0.1) is 22.7 Å². The molecule has 1 saturated heterocycles. The van der Waals surface area contributed by atoms with E-state index < -0.39 is 5.97 Å². The third-order valence-corrected chi connectivity index (χ3v) is 8.03. The van der Waals surface area contributed by atoms with Crippen molar-refractivity contribution in [1.29, 1.82) is 0 Å². The van der Waals surface area contributed by atoms with Crippen LogP contribution in [0.5, 0.6) is 5.75 Å². The van der Waals surface area contributed by atoms with Gasteiger partial charge in [-0.1, -0.05) is 26.0 Å². The highest BCUT2D eigenvalue weighted by Gasteiger charge is 2.59. The van der Waals surface area contributed by atoms with E-state index in [1.54, 1.807) is 6.07 Å². The molecule has 3 aliphatic rings. The Kier molecular flexibility index (Phi) is 6.01. The van der Waals surface area contributed by atoms with Crippen molar-refractivity contribution in [3.05, 3.63) is 40.8 Å². The minimum atomic E-state index is -1.05. The number of carboxylic acid groups (broad SMARTS) is 1. The number of pyridine rings is 1. The number of allylic oxidation sites excluding steroid dienone is 1. The second-order valence-corrected chi connectivity index (χ2v) is 9.83. The second-order valence-electron chi connectivity index (χ2n) is 9.83. The van der Waals surface area contributed by atoms with Crippen LogP contribution < -0.4 is 10.3 Å². The van der Waals surface area contributed by atoms with Gasteiger partial charge in [0.15, 0.2) is 0 Å². The van der Waals surface area contributed by atoms with Gasteiger partial charge in [0.1, 0.15) is 19.1 Å². The lowest BCUT2D eigenvalue weighted by Gasteiger charge is -2.62. The van der Waals surface area contributed by atoms with E-state index in [1.807, 2.05) is 0 Å². The summed E-state index contributed by atoms with van der Waals surface area (Å²) in [4.78, 5) is 22.9. The van der Waals surface area contributed by atoms with Gasteiger partial charge in [-0.25, -0.2) is 0 Å². The summed E-state index contributed by atoms with van der Waals surface area (Å²) >= 11 is 0. The fourth-order valence-corrected chi connectivity index (χ4v) is 6.51. The minimum Gasteiger partial charge on any atom is -0.493 e. The molecule has 7 heteroatoms. The maximum Gasteiger partial charge on any atom is 0.323 e. The summed E-state index contributed by atoms with van der Waals surface area (Å²) in [5.41, 5.74) is 1.06. The van der Waals surface area contributed by atoms with Gasteiger partial charge in [-0.15, -0.1) is 0 Å². The van der Waals surface area contributed by atoms with Crippen LogP contribution in [0.4, 0.5) is 0 Å². The van der Waals surface area contributed by atoms with Gasteiger partial charge < -0.3 is 23.9 Å². The first kappa shape index (κ1) is 22.1. The molecule has 2 aliphatic carbocycles. The van der Waals surface area contributed by atoms with E-state index in [0.29, 0.717) is 31.0 Å². The largest absolute Gasteiger partial charge is 0.493 e. The van der Waals surface area contributed by atoms with E-state index in [0.717, 1.165) is 43.3 Å². The molecule has 170 valence electrons. The van der Waals surface area contributed by atoms with E-state index >= 15 is 0 Å². The molecule has 0 bridgehead atoms. The van der Waals surface area contributed by atoms with Crippen molar-refractivity contribution >= 4 is 5.97 Å². The fraction of sp³-hybridized carbons (Fsp3) is 0.667. The molecule has 0 aromatic carbocycles. The average Bonchev–Trinajstić information content (AvgIpc) is 2.71. The van der Waals surface area contributed by atoms with Crippen LogP contribution in [0.1, 0.15) is 46.0 Å². The van der Waals surface area contributed by atoms with Gasteiger partial charge in [0, 0.05) is 17.7 Å². The first-order valence-corrected chi connectivity index (χ1v) is 11.2. The van der Waals surface area contributed by atoms with Crippen molar-refractivity contribution in [2.75, 3.05) is 20.0 Å².